The van der Waals surface area contributed by atoms with Gasteiger partial charge in [-0.05, 0) is 30.3 Å². The predicted molar refractivity (Wildman–Crippen MR) is 87.9 cm³/mol. The Hall–Kier alpha value is -0.450. The van der Waals surface area contributed by atoms with Gasteiger partial charge in [-0.2, -0.15) is 0 Å². The van der Waals surface area contributed by atoms with E-state index in [0.717, 1.165) is 23.4 Å². The highest BCUT2D eigenvalue weighted by atomic mass is 35.5. The maximum atomic E-state index is 6.36. The van der Waals surface area contributed by atoms with Crippen LogP contribution in [0.15, 0.2) is 24.3 Å². The van der Waals surface area contributed by atoms with Crippen molar-refractivity contribution in [2.75, 3.05) is 13.7 Å². The molecule has 108 valence electrons. The molecule has 2 rings (SSSR count). The van der Waals surface area contributed by atoms with Crippen LogP contribution in [-0.2, 0) is 0 Å². The third-order valence-electron chi connectivity index (χ3n) is 2.92. The summed E-state index contributed by atoms with van der Waals surface area (Å²) in [5.41, 5.74) is 1.89. The maximum Gasteiger partial charge on any atom is 0.120 e. The topological polar surface area (TPSA) is 21.3 Å². The van der Waals surface area contributed by atoms with E-state index in [1.165, 1.54) is 11.3 Å². The van der Waals surface area contributed by atoms with Crippen LogP contribution >= 0.6 is 46.1 Å². The van der Waals surface area contributed by atoms with Gasteiger partial charge in [0.15, 0.2) is 0 Å². The standard InChI is InChI=1S/C14H14Cl3NOS/c1-3-18-13(10-7-12(16)20-14(10)17)9-5-4-8(19-2)6-11(9)15/h4-7,13,18H,3H2,1-2H3. The average molecular weight is 351 g/mol. The summed E-state index contributed by atoms with van der Waals surface area (Å²) >= 11 is 20.0. The molecule has 0 aliphatic heterocycles. The second kappa shape index (κ2) is 7.01. The molecule has 0 aliphatic rings. The van der Waals surface area contributed by atoms with Gasteiger partial charge in [0.1, 0.15) is 5.75 Å². The van der Waals surface area contributed by atoms with Gasteiger partial charge in [0.25, 0.3) is 0 Å². The molecule has 6 heteroatoms. The first-order chi connectivity index (χ1) is 9.56. The Bertz CT molecular complexity index is 600. The van der Waals surface area contributed by atoms with Gasteiger partial charge in [0, 0.05) is 10.6 Å². The van der Waals surface area contributed by atoms with E-state index in [1.807, 2.05) is 25.1 Å². The number of rotatable bonds is 5. The molecule has 0 spiro atoms. The second-order valence-corrected chi connectivity index (χ2v) is 6.85. The number of methoxy groups -OCH3 is 1. The van der Waals surface area contributed by atoms with Crippen LogP contribution in [0.1, 0.15) is 24.1 Å². The molecule has 2 nitrogen and oxygen atoms in total. The van der Waals surface area contributed by atoms with Gasteiger partial charge in [-0.1, -0.05) is 47.8 Å². The second-order valence-electron chi connectivity index (χ2n) is 4.16. The zero-order chi connectivity index (χ0) is 14.7. The molecule has 0 radical (unpaired) electrons. The van der Waals surface area contributed by atoms with Gasteiger partial charge in [-0.15, -0.1) is 11.3 Å². The highest BCUT2D eigenvalue weighted by Crippen LogP contribution is 2.39. The molecule has 2 aromatic rings. The lowest BCUT2D eigenvalue weighted by atomic mass is 10.0. The molecule has 1 aromatic heterocycles. The molecule has 0 bridgehead atoms. The number of ether oxygens (including phenoxy) is 1. The van der Waals surface area contributed by atoms with E-state index < -0.39 is 0 Å². The maximum absolute atomic E-state index is 6.36. The van der Waals surface area contributed by atoms with Crippen LogP contribution < -0.4 is 10.1 Å². The van der Waals surface area contributed by atoms with E-state index in [9.17, 15) is 0 Å². The molecule has 1 aromatic carbocycles. The summed E-state index contributed by atoms with van der Waals surface area (Å²) in [7, 11) is 1.61. The van der Waals surface area contributed by atoms with Crippen molar-refractivity contribution in [1.82, 2.24) is 5.32 Å². The molecular formula is C14H14Cl3NOS. The van der Waals surface area contributed by atoms with Crippen LogP contribution in [0.3, 0.4) is 0 Å². The number of hydrogen-bond acceptors (Lipinski definition) is 3. The summed E-state index contributed by atoms with van der Waals surface area (Å²) in [6.45, 7) is 2.82. The summed E-state index contributed by atoms with van der Waals surface area (Å²) in [6, 6.07) is 7.41. The lowest BCUT2D eigenvalue weighted by Crippen LogP contribution is -2.22. The SMILES string of the molecule is CCNC(c1ccc(OC)cc1Cl)c1cc(Cl)sc1Cl. The number of thiophene rings is 1. The van der Waals surface area contributed by atoms with E-state index in [1.54, 1.807) is 13.2 Å². The molecule has 1 atom stereocenters. The molecule has 20 heavy (non-hydrogen) atoms. The van der Waals surface area contributed by atoms with Crippen molar-refractivity contribution in [1.29, 1.82) is 0 Å². The Morgan fingerprint density at radius 1 is 1.20 bits per heavy atom. The number of halogens is 3. The summed E-state index contributed by atoms with van der Waals surface area (Å²) in [5.74, 6) is 0.725. The minimum absolute atomic E-state index is 0.0883. The van der Waals surface area contributed by atoms with E-state index >= 15 is 0 Å². The third kappa shape index (κ3) is 3.41. The van der Waals surface area contributed by atoms with Crippen molar-refractivity contribution < 1.29 is 4.74 Å². The summed E-state index contributed by atoms with van der Waals surface area (Å²) < 4.78 is 6.51. The van der Waals surface area contributed by atoms with E-state index in [2.05, 4.69) is 5.32 Å². The predicted octanol–water partition coefficient (Wildman–Crippen LogP) is 5.42. The molecule has 1 unspecified atom stereocenters. The fourth-order valence-corrected chi connectivity index (χ4v) is 3.82. The van der Waals surface area contributed by atoms with Crippen molar-refractivity contribution in [3.05, 3.63) is 49.1 Å². The van der Waals surface area contributed by atoms with Crippen LogP contribution in [0.25, 0.3) is 0 Å². The highest BCUT2D eigenvalue weighted by Gasteiger charge is 2.21. The first kappa shape index (κ1) is 15.9. The normalized spacial score (nSPS) is 12.4. The van der Waals surface area contributed by atoms with Crippen molar-refractivity contribution in [2.45, 2.75) is 13.0 Å². The molecule has 1 heterocycles. The van der Waals surface area contributed by atoms with Gasteiger partial charge in [-0.3, -0.25) is 0 Å². The zero-order valence-corrected chi connectivity index (χ0v) is 14.1. The lowest BCUT2D eigenvalue weighted by molar-refractivity contribution is 0.414. The van der Waals surface area contributed by atoms with Crippen LogP contribution in [0.4, 0.5) is 0 Å². The Morgan fingerprint density at radius 3 is 2.45 bits per heavy atom. The largest absolute Gasteiger partial charge is 0.497 e. The smallest absolute Gasteiger partial charge is 0.120 e. The van der Waals surface area contributed by atoms with Crippen molar-refractivity contribution >= 4 is 46.1 Å². The number of benzene rings is 1. The molecular weight excluding hydrogens is 337 g/mol. The Kier molecular flexibility index (Phi) is 5.58. The number of hydrogen-bond donors (Lipinski definition) is 1. The fraction of sp³-hybridized carbons (Fsp3) is 0.286. The lowest BCUT2D eigenvalue weighted by Gasteiger charge is -2.19. The van der Waals surface area contributed by atoms with Crippen molar-refractivity contribution in [3.63, 3.8) is 0 Å². The first-order valence-electron chi connectivity index (χ1n) is 6.08. The van der Waals surface area contributed by atoms with E-state index in [4.69, 9.17) is 39.5 Å². The first-order valence-corrected chi connectivity index (χ1v) is 8.03. The summed E-state index contributed by atoms with van der Waals surface area (Å²) in [4.78, 5) is 0. The van der Waals surface area contributed by atoms with Crippen molar-refractivity contribution in [3.8, 4) is 5.75 Å². The van der Waals surface area contributed by atoms with Crippen LogP contribution in [-0.4, -0.2) is 13.7 Å². The van der Waals surface area contributed by atoms with Gasteiger partial charge in [0.2, 0.25) is 0 Å². The van der Waals surface area contributed by atoms with Crippen LogP contribution in [0, 0.1) is 0 Å². The molecule has 0 aliphatic carbocycles. The Balaban J connectivity index is 2.45. The van der Waals surface area contributed by atoms with Crippen LogP contribution in [0.5, 0.6) is 5.75 Å². The highest BCUT2D eigenvalue weighted by molar-refractivity contribution is 7.20. The third-order valence-corrected chi connectivity index (χ3v) is 4.77. The van der Waals surface area contributed by atoms with Crippen LogP contribution in [0.2, 0.25) is 13.7 Å². The van der Waals surface area contributed by atoms with Gasteiger partial charge < -0.3 is 10.1 Å². The van der Waals surface area contributed by atoms with E-state index in [-0.39, 0.29) is 6.04 Å². The quantitative estimate of drug-likeness (QED) is 0.778. The molecule has 0 fully saturated rings. The fourth-order valence-electron chi connectivity index (χ4n) is 2.01. The minimum atomic E-state index is -0.0883. The van der Waals surface area contributed by atoms with Gasteiger partial charge in [-0.25, -0.2) is 0 Å². The number of nitrogens with one attached hydrogen (secondary N) is 1. The van der Waals surface area contributed by atoms with Crippen molar-refractivity contribution in [2.24, 2.45) is 0 Å². The molecule has 0 saturated heterocycles. The minimum Gasteiger partial charge on any atom is -0.497 e. The molecule has 1 N–H and O–H groups in total. The summed E-state index contributed by atoms with van der Waals surface area (Å²) in [5, 5.41) is 4.02. The summed E-state index contributed by atoms with van der Waals surface area (Å²) in [6.07, 6.45) is 0. The monoisotopic (exact) mass is 349 g/mol. The average Bonchev–Trinajstić information content (AvgIpc) is 2.75. The Labute approximate surface area is 137 Å². The van der Waals surface area contributed by atoms with Gasteiger partial charge >= 0.3 is 0 Å². The van der Waals surface area contributed by atoms with Gasteiger partial charge in [0.05, 0.1) is 21.8 Å². The Morgan fingerprint density at radius 2 is 1.95 bits per heavy atom. The zero-order valence-electron chi connectivity index (χ0n) is 11.0. The molecule has 0 amide bonds. The van der Waals surface area contributed by atoms with E-state index in [0.29, 0.717) is 13.7 Å². The molecule has 0 saturated carbocycles.